The Morgan fingerprint density at radius 1 is 1.27 bits per heavy atom. The van der Waals surface area contributed by atoms with Crippen LogP contribution in [0.2, 0.25) is 0 Å². The number of nitrogens with zero attached hydrogens (tertiary/aromatic N) is 1. The molecule has 1 aliphatic heterocycles. The van der Waals surface area contributed by atoms with Crippen molar-refractivity contribution < 1.29 is 14.3 Å². The van der Waals surface area contributed by atoms with Gasteiger partial charge in [-0.25, -0.2) is 0 Å². The van der Waals surface area contributed by atoms with Crippen LogP contribution in [0.15, 0.2) is 54.7 Å². The number of methoxy groups -OCH3 is 1. The van der Waals surface area contributed by atoms with Gasteiger partial charge in [0.25, 0.3) is 5.91 Å². The lowest BCUT2D eigenvalue weighted by Gasteiger charge is -2.26. The van der Waals surface area contributed by atoms with E-state index in [1.807, 2.05) is 48.5 Å². The second-order valence-electron chi connectivity index (χ2n) is 6.45. The van der Waals surface area contributed by atoms with Gasteiger partial charge in [-0.15, -0.1) is 0 Å². The fourth-order valence-corrected chi connectivity index (χ4v) is 3.30. The van der Waals surface area contributed by atoms with Gasteiger partial charge in [-0.3, -0.25) is 9.78 Å². The number of ether oxygens (including phenoxy) is 2. The predicted octanol–water partition coefficient (Wildman–Crippen LogP) is 3.22. The van der Waals surface area contributed by atoms with Gasteiger partial charge in [0.1, 0.15) is 0 Å². The number of pyridine rings is 1. The second kappa shape index (κ2) is 7.04. The molecular formula is C21H20N2O3. The minimum atomic E-state index is -0.0767. The molecule has 26 heavy (non-hydrogen) atoms. The molecule has 1 aliphatic rings. The molecule has 0 fully saturated rings. The Labute approximate surface area is 152 Å². The molecule has 5 nitrogen and oxygen atoms in total. The zero-order valence-corrected chi connectivity index (χ0v) is 14.6. The van der Waals surface area contributed by atoms with Crippen molar-refractivity contribution in [3.05, 3.63) is 65.9 Å². The molecule has 1 aromatic heterocycles. The van der Waals surface area contributed by atoms with Crippen LogP contribution in [0.3, 0.4) is 0 Å². The Kier molecular flexibility index (Phi) is 4.44. The highest BCUT2D eigenvalue weighted by Crippen LogP contribution is 2.35. The predicted molar refractivity (Wildman–Crippen MR) is 99.8 cm³/mol. The van der Waals surface area contributed by atoms with Crippen molar-refractivity contribution in [3.8, 4) is 11.5 Å². The Balaban J connectivity index is 1.41. The summed E-state index contributed by atoms with van der Waals surface area (Å²) in [6.45, 7) is 1.13. The third kappa shape index (κ3) is 3.20. The first kappa shape index (κ1) is 16.4. The van der Waals surface area contributed by atoms with Crippen molar-refractivity contribution in [1.82, 2.24) is 10.3 Å². The SMILES string of the molecule is COc1cccc2c1OC[C@@H](CNC(=O)c1ccc3ncccc3c1)C2. The van der Waals surface area contributed by atoms with E-state index in [0.717, 1.165) is 34.4 Å². The monoisotopic (exact) mass is 348 g/mol. The Bertz CT molecular complexity index is 955. The minimum absolute atomic E-state index is 0.0767. The Morgan fingerprint density at radius 2 is 2.19 bits per heavy atom. The van der Waals surface area contributed by atoms with Crippen molar-refractivity contribution in [1.29, 1.82) is 0 Å². The van der Waals surface area contributed by atoms with Gasteiger partial charge in [0.2, 0.25) is 0 Å². The zero-order chi connectivity index (χ0) is 17.9. The largest absolute Gasteiger partial charge is 0.493 e. The molecule has 0 radical (unpaired) electrons. The highest BCUT2D eigenvalue weighted by molar-refractivity contribution is 5.97. The Hall–Kier alpha value is -3.08. The molecule has 0 spiro atoms. The molecule has 2 aromatic carbocycles. The molecule has 1 atom stereocenters. The van der Waals surface area contributed by atoms with E-state index < -0.39 is 0 Å². The van der Waals surface area contributed by atoms with Gasteiger partial charge in [0.15, 0.2) is 11.5 Å². The smallest absolute Gasteiger partial charge is 0.251 e. The van der Waals surface area contributed by atoms with E-state index in [1.165, 1.54) is 0 Å². The molecule has 0 bridgehead atoms. The molecule has 1 N–H and O–H groups in total. The normalized spacial score (nSPS) is 15.8. The van der Waals surface area contributed by atoms with Crippen LogP contribution in [0.4, 0.5) is 0 Å². The number of rotatable bonds is 4. The number of benzene rings is 2. The lowest BCUT2D eigenvalue weighted by atomic mass is 9.96. The van der Waals surface area contributed by atoms with E-state index in [0.29, 0.717) is 18.7 Å². The van der Waals surface area contributed by atoms with Gasteiger partial charge >= 0.3 is 0 Å². The molecule has 5 heteroatoms. The van der Waals surface area contributed by atoms with Crippen LogP contribution in [-0.4, -0.2) is 31.2 Å². The molecule has 2 heterocycles. The van der Waals surface area contributed by atoms with E-state index in [-0.39, 0.29) is 11.8 Å². The van der Waals surface area contributed by atoms with Crippen molar-refractivity contribution in [2.24, 2.45) is 5.92 Å². The molecular weight excluding hydrogens is 328 g/mol. The first-order chi connectivity index (χ1) is 12.7. The minimum Gasteiger partial charge on any atom is -0.493 e. The van der Waals surface area contributed by atoms with Gasteiger partial charge in [-0.1, -0.05) is 18.2 Å². The number of hydrogen-bond acceptors (Lipinski definition) is 4. The van der Waals surface area contributed by atoms with E-state index >= 15 is 0 Å². The summed E-state index contributed by atoms with van der Waals surface area (Å²) in [5, 5.41) is 3.98. The maximum atomic E-state index is 12.5. The van der Waals surface area contributed by atoms with Crippen LogP contribution < -0.4 is 14.8 Å². The summed E-state index contributed by atoms with van der Waals surface area (Å²) in [5.41, 5.74) is 2.64. The number of aromatic nitrogens is 1. The van der Waals surface area contributed by atoms with Gasteiger partial charge in [-0.2, -0.15) is 0 Å². The Morgan fingerprint density at radius 3 is 3.08 bits per heavy atom. The molecule has 0 aliphatic carbocycles. The van der Waals surface area contributed by atoms with Gasteiger partial charge in [0, 0.05) is 29.6 Å². The van der Waals surface area contributed by atoms with Gasteiger partial charge < -0.3 is 14.8 Å². The number of hydrogen-bond donors (Lipinski definition) is 1. The van der Waals surface area contributed by atoms with Crippen LogP contribution in [0, 0.1) is 5.92 Å². The average Bonchev–Trinajstić information content (AvgIpc) is 2.70. The average molecular weight is 348 g/mol. The summed E-state index contributed by atoms with van der Waals surface area (Å²) in [7, 11) is 1.64. The van der Waals surface area contributed by atoms with Crippen LogP contribution in [0.1, 0.15) is 15.9 Å². The molecule has 3 aromatic rings. The van der Waals surface area contributed by atoms with Crippen molar-refractivity contribution in [2.45, 2.75) is 6.42 Å². The summed E-state index contributed by atoms with van der Waals surface area (Å²) in [5.74, 6) is 1.74. The maximum absolute atomic E-state index is 12.5. The van der Waals surface area contributed by atoms with Crippen LogP contribution in [0.5, 0.6) is 11.5 Å². The summed E-state index contributed by atoms with van der Waals surface area (Å²) >= 11 is 0. The summed E-state index contributed by atoms with van der Waals surface area (Å²) in [4.78, 5) is 16.8. The number of carbonyl (C=O) groups is 1. The zero-order valence-electron chi connectivity index (χ0n) is 14.6. The first-order valence-electron chi connectivity index (χ1n) is 8.66. The van der Waals surface area contributed by atoms with Crippen molar-refractivity contribution in [3.63, 3.8) is 0 Å². The van der Waals surface area contributed by atoms with E-state index in [2.05, 4.69) is 10.3 Å². The molecule has 0 saturated heterocycles. The second-order valence-corrected chi connectivity index (χ2v) is 6.45. The highest BCUT2D eigenvalue weighted by atomic mass is 16.5. The lowest BCUT2D eigenvalue weighted by Crippen LogP contribution is -2.34. The fourth-order valence-electron chi connectivity index (χ4n) is 3.30. The molecule has 132 valence electrons. The summed E-state index contributed by atoms with van der Waals surface area (Å²) < 4.78 is 11.2. The molecule has 4 rings (SSSR count). The maximum Gasteiger partial charge on any atom is 0.251 e. The summed E-state index contributed by atoms with van der Waals surface area (Å²) in [6, 6.07) is 15.3. The van der Waals surface area contributed by atoms with Crippen LogP contribution in [0.25, 0.3) is 10.9 Å². The number of amides is 1. The summed E-state index contributed by atoms with van der Waals surface area (Å²) in [6.07, 6.45) is 2.60. The number of fused-ring (bicyclic) bond motifs is 2. The van der Waals surface area contributed by atoms with E-state index in [4.69, 9.17) is 9.47 Å². The fraction of sp³-hybridized carbons (Fsp3) is 0.238. The van der Waals surface area contributed by atoms with E-state index in [9.17, 15) is 4.79 Å². The van der Waals surface area contributed by atoms with E-state index in [1.54, 1.807) is 13.3 Å². The topological polar surface area (TPSA) is 60.5 Å². The molecule has 0 unspecified atom stereocenters. The van der Waals surface area contributed by atoms with Gasteiger partial charge in [-0.05, 0) is 42.3 Å². The van der Waals surface area contributed by atoms with Crippen molar-refractivity contribution in [2.75, 3.05) is 20.3 Å². The van der Waals surface area contributed by atoms with Crippen LogP contribution in [-0.2, 0) is 6.42 Å². The lowest BCUT2D eigenvalue weighted by molar-refractivity contribution is 0.0938. The third-order valence-corrected chi connectivity index (χ3v) is 4.67. The molecule has 0 saturated carbocycles. The van der Waals surface area contributed by atoms with Gasteiger partial charge in [0.05, 0.1) is 19.2 Å². The highest BCUT2D eigenvalue weighted by Gasteiger charge is 2.23. The van der Waals surface area contributed by atoms with Crippen LogP contribution >= 0.6 is 0 Å². The quantitative estimate of drug-likeness (QED) is 0.786. The number of carbonyl (C=O) groups excluding carboxylic acids is 1. The first-order valence-corrected chi connectivity index (χ1v) is 8.66. The number of para-hydroxylation sites is 1. The molecule has 1 amide bonds. The van der Waals surface area contributed by atoms with Crippen molar-refractivity contribution >= 4 is 16.8 Å². The standard InChI is InChI=1S/C21H20N2O3/c1-25-19-6-2-4-16-10-14(13-26-20(16)19)12-23-21(24)17-7-8-18-15(11-17)5-3-9-22-18/h2-9,11,14H,10,12-13H2,1H3,(H,23,24)/t14-/m1/s1. The number of nitrogens with one attached hydrogen (secondary N) is 1. The third-order valence-electron chi connectivity index (χ3n) is 4.67.